The van der Waals surface area contributed by atoms with Crippen LogP contribution >= 0.6 is 0 Å². The first-order valence-electron chi connectivity index (χ1n) is 8.91. The standard InChI is InChI=1S/C20H18O10/c21-9-3-1-8(2-4-9)18-19(30-20-17(27)15(25)12(24)7-28-20)16(26)14-11(23)5-10(22)6-13(14)29-18/h1-6,12,15,17,20-25,27H,7H2/t12-,15+,17-,20+/m0/s1. The van der Waals surface area contributed by atoms with Crippen molar-refractivity contribution in [2.45, 2.75) is 24.6 Å². The summed E-state index contributed by atoms with van der Waals surface area (Å²) in [5, 5.41) is 58.7. The van der Waals surface area contributed by atoms with E-state index in [1.165, 1.54) is 24.3 Å². The summed E-state index contributed by atoms with van der Waals surface area (Å²) < 4.78 is 16.4. The molecule has 1 saturated heterocycles. The number of aromatic hydroxyl groups is 3. The van der Waals surface area contributed by atoms with E-state index in [1.807, 2.05) is 0 Å². The molecule has 0 aliphatic carbocycles. The molecule has 1 aromatic heterocycles. The van der Waals surface area contributed by atoms with Crippen LogP contribution in [0.3, 0.4) is 0 Å². The van der Waals surface area contributed by atoms with Gasteiger partial charge >= 0.3 is 0 Å². The van der Waals surface area contributed by atoms with E-state index in [0.29, 0.717) is 5.56 Å². The third-order valence-corrected chi connectivity index (χ3v) is 4.74. The molecule has 6 N–H and O–H groups in total. The zero-order valence-corrected chi connectivity index (χ0v) is 15.3. The Morgan fingerprint density at radius 1 is 0.933 bits per heavy atom. The number of fused-ring (bicyclic) bond motifs is 1. The maximum absolute atomic E-state index is 13.1. The normalized spacial score (nSPS) is 24.1. The van der Waals surface area contributed by atoms with E-state index in [9.17, 15) is 35.4 Å². The Bertz CT molecular complexity index is 1140. The first-order valence-corrected chi connectivity index (χ1v) is 8.91. The fourth-order valence-corrected chi connectivity index (χ4v) is 3.18. The van der Waals surface area contributed by atoms with Crippen molar-refractivity contribution in [3.05, 3.63) is 46.6 Å². The fourth-order valence-electron chi connectivity index (χ4n) is 3.18. The van der Waals surface area contributed by atoms with Crippen LogP contribution in [0.5, 0.6) is 23.0 Å². The van der Waals surface area contributed by atoms with Crippen molar-refractivity contribution >= 4 is 11.0 Å². The number of hydrogen-bond acceptors (Lipinski definition) is 10. The quantitative estimate of drug-likeness (QED) is 0.350. The zero-order chi connectivity index (χ0) is 21.6. The van der Waals surface area contributed by atoms with Crippen molar-refractivity contribution in [3.8, 4) is 34.3 Å². The molecule has 10 heteroatoms. The van der Waals surface area contributed by atoms with Crippen molar-refractivity contribution in [2.24, 2.45) is 0 Å². The van der Waals surface area contributed by atoms with Gasteiger partial charge in [0.25, 0.3) is 0 Å². The third kappa shape index (κ3) is 3.42. The van der Waals surface area contributed by atoms with Crippen molar-refractivity contribution < 1.29 is 44.5 Å². The topological polar surface area (TPSA) is 170 Å². The largest absolute Gasteiger partial charge is 0.508 e. The molecule has 0 amide bonds. The van der Waals surface area contributed by atoms with E-state index >= 15 is 0 Å². The molecule has 1 fully saturated rings. The average Bonchev–Trinajstić information content (AvgIpc) is 2.70. The fraction of sp³-hybridized carbons (Fsp3) is 0.250. The van der Waals surface area contributed by atoms with Crippen molar-refractivity contribution in [2.75, 3.05) is 6.61 Å². The number of aliphatic hydroxyl groups is 3. The van der Waals surface area contributed by atoms with Gasteiger partial charge in [0.1, 0.15) is 46.5 Å². The molecular weight excluding hydrogens is 400 g/mol. The van der Waals surface area contributed by atoms with Gasteiger partial charge in [-0.05, 0) is 24.3 Å². The molecule has 158 valence electrons. The second-order valence-electron chi connectivity index (χ2n) is 6.84. The van der Waals surface area contributed by atoms with Gasteiger partial charge in [0.15, 0.2) is 5.76 Å². The van der Waals surface area contributed by atoms with Crippen molar-refractivity contribution in [1.29, 1.82) is 0 Å². The molecule has 0 spiro atoms. The second kappa shape index (κ2) is 7.50. The number of ether oxygens (including phenoxy) is 2. The van der Waals surface area contributed by atoms with E-state index in [2.05, 4.69) is 0 Å². The molecule has 10 nitrogen and oxygen atoms in total. The maximum atomic E-state index is 13.1. The van der Waals surface area contributed by atoms with E-state index in [0.717, 1.165) is 12.1 Å². The van der Waals surface area contributed by atoms with Crippen LogP contribution in [-0.2, 0) is 4.74 Å². The van der Waals surface area contributed by atoms with Crippen LogP contribution in [0.4, 0.5) is 0 Å². The van der Waals surface area contributed by atoms with Gasteiger partial charge in [-0.2, -0.15) is 0 Å². The Morgan fingerprint density at radius 3 is 2.33 bits per heavy atom. The predicted molar refractivity (Wildman–Crippen MR) is 101 cm³/mol. The van der Waals surface area contributed by atoms with Gasteiger partial charge in [-0.25, -0.2) is 0 Å². The minimum atomic E-state index is -1.68. The highest BCUT2D eigenvalue weighted by molar-refractivity contribution is 5.88. The Labute approximate surface area is 168 Å². The summed E-state index contributed by atoms with van der Waals surface area (Å²) in [5.41, 5.74) is -0.655. The lowest BCUT2D eigenvalue weighted by atomic mass is 10.1. The molecule has 30 heavy (non-hydrogen) atoms. The van der Waals surface area contributed by atoms with E-state index < -0.39 is 41.5 Å². The molecule has 4 atom stereocenters. The lowest BCUT2D eigenvalue weighted by Crippen LogP contribution is -2.55. The molecule has 0 unspecified atom stereocenters. The predicted octanol–water partition coefficient (Wildman–Crippen LogP) is 0.395. The molecule has 2 aromatic carbocycles. The summed E-state index contributed by atoms with van der Waals surface area (Å²) in [4.78, 5) is 13.1. The van der Waals surface area contributed by atoms with E-state index in [4.69, 9.17) is 13.9 Å². The molecule has 2 heterocycles. The van der Waals surface area contributed by atoms with Crippen LogP contribution < -0.4 is 10.2 Å². The van der Waals surface area contributed by atoms with Crippen LogP contribution in [0.15, 0.2) is 45.6 Å². The van der Waals surface area contributed by atoms with Crippen LogP contribution in [0, 0.1) is 0 Å². The van der Waals surface area contributed by atoms with Gasteiger partial charge in [0.2, 0.25) is 17.5 Å². The molecule has 1 aliphatic heterocycles. The molecule has 1 aliphatic rings. The number of hydrogen-bond donors (Lipinski definition) is 6. The van der Waals surface area contributed by atoms with Gasteiger partial charge < -0.3 is 44.5 Å². The van der Waals surface area contributed by atoms with E-state index in [1.54, 1.807) is 0 Å². The Morgan fingerprint density at radius 2 is 1.63 bits per heavy atom. The summed E-state index contributed by atoms with van der Waals surface area (Å²) in [6.07, 6.45) is -6.10. The summed E-state index contributed by atoms with van der Waals surface area (Å²) in [6.45, 7) is -0.352. The van der Waals surface area contributed by atoms with Crippen LogP contribution in [0.25, 0.3) is 22.3 Å². The lowest BCUT2D eigenvalue weighted by molar-refractivity contribution is -0.242. The molecular formula is C20H18O10. The van der Waals surface area contributed by atoms with Crippen LogP contribution in [-0.4, -0.2) is 61.8 Å². The molecule has 0 bridgehead atoms. The van der Waals surface area contributed by atoms with Gasteiger partial charge in [0, 0.05) is 17.7 Å². The highest BCUT2D eigenvalue weighted by Crippen LogP contribution is 2.37. The van der Waals surface area contributed by atoms with Crippen molar-refractivity contribution in [3.63, 3.8) is 0 Å². The number of rotatable bonds is 3. The Hall–Kier alpha value is -3.31. The monoisotopic (exact) mass is 418 g/mol. The third-order valence-electron chi connectivity index (χ3n) is 4.74. The van der Waals surface area contributed by atoms with Gasteiger partial charge in [0.05, 0.1) is 6.61 Å². The highest BCUT2D eigenvalue weighted by atomic mass is 16.7. The summed E-state index contributed by atoms with van der Waals surface area (Å²) in [5.74, 6) is -1.50. The first kappa shape index (κ1) is 20.0. The van der Waals surface area contributed by atoms with Crippen molar-refractivity contribution in [1.82, 2.24) is 0 Å². The smallest absolute Gasteiger partial charge is 0.239 e. The Kier molecular flexibility index (Phi) is 5.00. The minimum absolute atomic E-state index is 0.0391. The van der Waals surface area contributed by atoms with E-state index in [-0.39, 0.29) is 34.8 Å². The minimum Gasteiger partial charge on any atom is -0.508 e. The number of phenols is 3. The average molecular weight is 418 g/mol. The number of benzene rings is 2. The zero-order valence-electron chi connectivity index (χ0n) is 15.3. The first-order chi connectivity index (χ1) is 14.3. The molecule has 0 saturated carbocycles. The maximum Gasteiger partial charge on any atom is 0.239 e. The van der Waals surface area contributed by atoms with Gasteiger partial charge in [-0.1, -0.05) is 0 Å². The van der Waals surface area contributed by atoms with Crippen LogP contribution in [0.1, 0.15) is 0 Å². The van der Waals surface area contributed by atoms with Crippen LogP contribution in [0.2, 0.25) is 0 Å². The SMILES string of the molecule is O=c1c(O[C@H]2OC[C@H](O)[C@@H](O)[C@@H]2O)c(-c2ccc(O)cc2)oc2cc(O)cc(O)c12. The molecule has 4 rings (SSSR count). The lowest BCUT2D eigenvalue weighted by Gasteiger charge is -2.34. The van der Waals surface area contributed by atoms with Gasteiger partial charge in [-0.15, -0.1) is 0 Å². The molecule has 3 aromatic rings. The number of aliphatic hydroxyl groups excluding tert-OH is 3. The summed E-state index contributed by atoms with van der Waals surface area (Å²) >= 11 is 0. The highest BCUT2D eigenvalue weighted by Gasteiger charge is 2.40. The number of phenolic OH excluding ortho intramolecular Hbond substituents is 3. The summed E-state index contributed by atoms with van der Waals surface area (Å²) in [7, 11) is 0. The summed E-state index contributed by atoms with van der Waals surface area (Å²) in [6, 6.07) is 7.65. The Balaban J connectivity index is 1.90. The van der Waals surface area contributed by atoms with Gasteiger partial charge in [-0.3, -0.25) is 4.79 Å². The molecule has 0 radical (unpaired) electrons. The second-order valence-corrected chi connectivity index (χ2v) is 6.84.